The minimum atomic E-state index is -3.54. The third-order valence-electron chi connectivity index (χ3n) is 5.18. The van der Waals surface area contributed by atoms with Crippen LogP contribution in [0, 0.1) is 6.92 Å². The number of nitrogens with one attached hydrogen (secondary N) is 1. The molecule has 6 nitrogen and oxygen atoms in total. The first-order valence-corrected chi connectivity index (χ1v) is 11.0. The molecule has 2 aromatic rings. The smallest absolute Gasteiger partial charge is 0.240 e. The number of hydrogen-bond donors (Lipinski definition) is 1. The third-order valence-corrected chi connectivity index (χ3v) is 6.80. The Kier molecular flexibility index (Phi) is 6.59. The van der Waals surface area contributed by atoms with E-state index in [1.165, 1.54) is 5.69 Å². The zero-order valence-corrected chi connectivity index (χ0v) is 17.6. The summed E-state index contributed by atoms with van der Waals surface area (Å²) in [5.41, 5.74) is 3.02. The van der Waals surface area contributed by atoms with Crippen LogP contribution in [0.2, 0.25) is 0 Å². The fourth-order valence-electron chi connectivity index (χ4n) is 3.40. The van der Waals surface area contributed by atoms with E-state index in [0.29, 0.717) is 29.2 Å². The highest BCUT2D eigenvalue weighted by Crippen LogP contribution is 2.21. The van der Waals surface area contributed by atoms with Crippen LogP contribution in [-0.2, 0) is 16.4 Å². The van der Waals surface area contributed by atoms with E-state index in [0.717, 1.165) is 31.7 Å². The zero-order chi connectivity index (χ0) is 20.1. The molecular formula is C21H29N3O3S. The summed E-state index contributed by atoms with van der Waals surface area (Å²) in [5, 5.41) is 0. The molecule has 0 bridgehead atoms. The van der Waals surface area contributed by atoms with Gasteiger partial charge in [-0.3, -0.25) is 0 Å². The lowest BCUT2D eigenvalue weighted by Crippen LogP contribution is -2.44. The number of piperazine rings is 1. The first kappa shape index (κ1) is 20.6. The topological polar surface area (TPSA) is 61.9 Å². The normalized spacial score (nSPS) is 15.6. The molecule has 0 atom stereocenters. The van der Waals surface area contributed by atoms with Gasteiger partial charge in [0.1, 0.15) is 5.75 Å². The van der Waals surface area contributed by atoms with E-state index in [4.69, 9.17) is 4.74 Å². The number of nitrogens with zero attached hydrogens (tertiary/aromatic N) is 2. The van der Waals surface area contributed by atoms with E-state index in [2.05, 4.69) is 45.8 Å². The highest BCUT2D eigenvalue weighted by molar-refractivity contribution is 7.89. The number of likely N-dealkylation sites (N-methyl/N-ethyl adjacent to an activating group) is 1. The lowest BCUT2D eigenvalue weighted by Gasteiger charge is -2.34. The van der Waals surface area contributed by atoms with E-state index in [9.17, 15) is 8.42 Å². The number of sulfonamides is 1. The molecule has 0 aliphatic carbocycles. The average Bonchev–Trinajstić information content (AvgIpc) is 2.68. The molecule has 0 spiro atoms. The fourth-order valence-corrected chi connectivity index (χ4v) is 4.65. The maximum atomic E-state index is 12.6. The van der Waals surface area contributed by atoms with E-state index in [-0.39, 0.29) is 0 Å². The Morgan fingerprint density at radius 3 is 2.32 bits per heavy atom. The number of methoxy groups -OCH3 is 1. The van der Waals surface area contributed by atoms with Crippen molar-refractivity contribution < 1.29 is 13.2 Å². The second-order valence-corrected chi connectivity index (χ2v) is 8.97. The largest absolute Gasteiger partial charge is 0.497 e. The molecule has 0 saturated carbocycles. The van der Waals surface area contributed by atoms with Crippen LogP contribution >= 0.6 is 0 Å². The van der Waals surface area contributed by atoms with Gasteiger partial charge >= 0.3 is 0 Å². The standard InChI is InChI=1S/C21H29N3O3S/c1-17-16-20(27-3)8-9-21(17)28(25,26)22-11-10-18-4-6-19(7-5-18)24-14-12-23(2)13-15-24/h4-9,16,22H,10-15H2,1-3H3. The van der Waals surface area contributed by atoms with Gasteiger partial charge in [-0.2, -0.15) is 0 Å². The molecule has 1 aliphatic rings. The molecule has 1 heterocycles. The Bertz CT molecular complexity index is 890. The van der Waals surface area contributed by atoms with Crippen molar-refractivity contribution in [2.45, 2.75) is 18.2 Å². The quantitative estimate of drug-likeness (QED) is 0.769. The molecule has 28 heavy (non-hydrogen) atoms. The van der Waals surface area contributed by atoms with Gasteiger partial charge in [-0.1, -0.05) is 12.1 Å². The molecule has 2 aromatic carbocycles. The van der Waals surface area contributed by atoms with Crippen LogP contribution in [-0.4, -0.2) is 60.2 Å². The summed E-state index contributed by atoms with van der Waals surface area (Å²) >= 11 is 0. The SMILES string of the molecule is COc1ccc(S(=O)(=O)NCCc2ccc(N3CCN(C)CC3)cc2)c(C)c1. The summed E-state index contributed by atoms with van der Waals surface area (Å²) in [6, 6.07) is 13.4. The van der Waals surface area contributed by atoms with Crippen LogP contribution in [0.1, 0.15) is 11.1 Å². The molecule has 0 aromatic heterocycles. The van der Waals surface area contributed by atoms with Crippen LogP contribution in [0.3, 0.4) is 0 Å². The van der Waals surface area contributed by atoms with Gasteiger partial charge in [0, 0.05) is 38.4 Å². The number of anilines is 1. The molecule has 0 unspecified atom stereocenters. The predicted molar refractivity (Wildman–Crippen MR) is 113 cm³/mol. The Balaban J connectivity index is 1.55. The number of aryl methyl sites for hydroxylation is 1. The molecule has 0 radical (unpaired) electrons. The summed E-state index contributed by atoms with van der Waals surface area (Å²) in [4.78, 5) is 5.01. The maximum Gasteiger partial charge on any atom is 0.240 e. The first-order chi connectivity index (χ1) is 13.4. The van der Waals surface area contributed by atoms with Gasteiger partial charge in [0.15, 0.2) is 0 Å². The molecular weight excluding hydrogens is 374 g/mol. The lowest BCUT2D eigenvalue weighted by atomic mass is 10.1. The average molecular weight is 404 g/mol. The van der Waals surface area contributed by atoms with Crippen LogP contribution < -0.4 is 14.4 Å². The van der Waals surface area contributed by atoms with E-state index >= 15 is 0 Å². The zero-order valence-electron chi connectivity index (χ0n) is 16.8. The predicted octanol–water partition coefficient (Wildman–Crippen LogP) is 2.28. The highest BCUT2D eigenvalue weighted by atomic mass is 32.2. The molecule has 1 fully saturated rings. The molecule has 152 valence electrons. The van der Waals surface area contributed by atoms with Crippen molar-refractivity contribution in [1.82, 2.24) is 9.62 Å². The van der Waals surface area contributed by atoms with Crippen LogP contribution in [0.4, 0.5) is 5.69 Å². The van der Waals surface area contributed by atoms with Crippen molar-refractivity contribution in [1.29, 1.82) is 0 Å². The second kappa shape index (κ2) is 8.94. The summed E-state index contributed by atoms with van der Waals surface area (Å²) in [5.74, 6) is 0.650. The van der Waals surface area contributed by atoms with E-state index in [1.54, 1.807) is 32.2 Å². The van der Waals surface area contributed by atoms with Crippen LogP contribution in [0.15, 0.2) is 47.4 Å². The summed E-state index contributed by atoms with van der Waals surface area (Å²) in [7, 11) is 0.178. The second-order valence-electron chi connectivity index (χ2n) is 7.24. The Labute approximate surface area is 168 Å². The van der Waals surface area contributed by atoms with Gasteiger partial charge in [0.25, 0.3) is 0 Å². The molecule has 1 aliphatic heterocycles. The van der Waals surface area contributed by atoms with Crippen molar-refractivity contribution in [2.24, 2.45) is 0 Å². The number of benzene rings is 2. The third kappa shape index (κ3) is 5.04. The van der Waals surface area contributed by atoms with Crippen molar-refractivity contribution in [2.75, 3.05) is 51.8 Å². The monoisotopic (exact) mass is 403 g/mol. The number of rotatable bonds is 7. The van der Waals surface area contributed by atoms with Crippen LogP contribution in [0.5, 0.6) is 5.75 Å². The number of ether oxygens (including phenoxy) is 1. The van der Waals surface area contributed by atoms with Crippen LogP contribution in [0.25, 0.3) is 0 Å². The minimum Gasteiger partial charge on any atom is -0.497 e. The van der Waals surface area contributed by atoms with Gasteiger partial charge in [0.2, 0.25) is 10.0 Å². The summed E-state index contributed by atoms with van der Waals surface area (Å²) in [6.45, 7) is 6.37. The molecule has 7 heteroatoms. The van der Waals surface area contributed by atoms with Gasteiger partial charge in [-0.25, -0.2) is 13.1 Å². The van der Waals surface area contributed by atoms with Gasteiger partial charge in [0.05, 0.1) is 12.0 Å². The molecule has 3 rings (SSSR count). The van der Waals surface area contributed by atoms with Gasteiger partial charge in [-0.15, -0.1) is 0 Å². The highest BCUT2D eigenvalue weighted by Gasteiger charge is 2.17. The fraction of sp³-hybridized carbons (Fsp3) is 0.429. The minimum absolute atomic E-state index is 0.290. The first-order valence-electron chi connectivity index (χ1n) is 9.56. The van der Waals surface area contributed by atoms with Crippen molar-refractivity contribution >= 4 is 15.7 Å². The Morgan fingerprint density at radius 2 is 1.71 bits per heavy atom. The summed E-state index contributed by atoms with van der Waals surface area (Å²) < 4.78 is 33.0. The van der Waals surface area contributed by atoms with Crippen molar-refractivity contribution in [3.8, 4) is 5.75 Å². The van der Waals surface area contributed by atoms with Crippen molar-refractivity contribution in [3.63, 3.8) is 0 Å². The van der Waals surface area contributed by atoms with Gasteiger partial charge < -0.3 is 14.5 Å². The maximum absolute atomic E-state index is 12.6. The Hall–Kier alpha value is -2.09. The Morgan fingerprint density at radius 1 is 1.04 bits per heavy atom. The number of hydrogen-bond acceptors (Lipinski definition) is 5. The lowest BCUT2D eigenvalue weighted by molar-refractivity contribution is 0.313. The van der Waals surface area contributed by atoms with Crippen molar-refractivity contribution in [3.05, 3.63) is 53.6 Å². The molecule has 1 N–H and O–H groups in total. The summed E-state index contributed by atoms with van der Waals surface area (Å²) in [6.07, 6.45) is 0.650. The molecule has 1 saturated heterocycles. The molecule has 0 amide bonds. The van der Waals surface area contributed by atoms with E-state index < -0.39 is 10.0 Å². The van der Waals surface area contributed by atoms with E-state index in [1.807, 2.05) is 0 Å². The van der Waals surface area contributed by atoms with Gasteiger partial charge in [-0.05, 0) is 61.9 Å².